The summed E-state index contributed by atoms with van der Waals surface area (Å²) in [4.78, 5) is 24.5. The normalized spacial score (nSPS) is 13.5. The Hall–Kier alpha value is -2.71. The lowest BCUT2D eigenvalue weighted by Crippen LogP contribution is -2.41. The van der Waals surface area contributed by atoms with Crippen molar-refractivity contribution >= 4 is 21.9 Å². The minimum atomic E-state index is -3.86. The number of esters is 1. The van der Waals surface area contributed by atoms with Crippen LogP contribution in [0.2, 0.25) is 0 Å². The van der Waals surface area contributed by atoms with Gasteiger partial charge in [0.05, 0.1) is 10.9 Å². The molecule has 0 saturated carbocycles. The lowest BCUT2D eigenvalue weighted by atomic mass is 9.97. The van der Waals surface area contributed by atoms with E-state index in [0.717, 1.165) is 12.0 Å². The van der Waals surface area contributed by atoms with Gasteiger partial charge in [0.2, 0.25) is 10.0 Å². The molecule has 0 aliphatic heterocycles. The highest BCUT2D eigenvalue weighted by atomic mass is 32.2. The number of nitrogens with one attached hydrogen (secondary N) is 2. The van der Waals surface area contributed by atoms with Gasteiger partial charge in [0.15, 0.2) is 6.61 Å². The summed E-state index contributed by atoms with van der Waals surface area (Å²) in [6.07, 6.45) is 0.733. The Morgan fingerprint density at radius 2 is 1.50 bits per heavy atom. The van der Waals surface area contributed by atoms with Crippen molar-refractivity contribution in [1.29, 1.82) is 0 Å². The highest BCUT2D eigenvalue weighted by Gasteiger charge is 2.24. The molecule has 1 unspecified atom stereocenters. The zero-order valence-electron chi connectivity index (χ0n) is 17.4. The fraction of sp³-hybridized carbons (Fsp3) is 0.364. The molecule has 2 rings (SSSR count). The second-order valence-corrected chi connectivity index (χ2v) is 9.14. The SMILES string of the molecule is CC(C)CC(NC(=O)COC(=O)[C@H](C)NS(=O)(=O)c1ccccc1)c1ccccc1. The molecular weight excluding hydrogens is 404 g/mol. The monoisotopic (exact) mass is 432 g/mol. The number of hydrogen-bond acceptors (Lipinski definition) is 5. The molecular formula is C22H28N2O5S. The van der Waals surface area contributed by atoms with Gasteiger partial charge in [0, 0.05) is 0 Å². The highest BCUT2D eigenvalue weighted by Crippen LogP contribution is 2.21. The molecule has 162 valence electrons. The van der Waals surface area contributed by atoms with Crippen LogP contribution in [0, 0.1) is 5.92 Å². The van der Waals surface area contributed by atoms with Crippen LogP contribution in [0.15, 0.2) is 65.6 Å². The van der Waals surface area contributed by atoms with Crippen molar-refractivity contribution in [3.05, 3.63) is 66.2 Å². The fourth-order valence-corrected chi connectivity index (χ4v) is 4.09. The standard InChI is InChI=1S/C22H28N2O5S/c1-16(2)14-20(18-10-6-4-7-11-18)23-21(25)15-29-22(26)17(3)24-30(27,28)19-12-8-5-9-13-19/h4-13,16-17,20,24H,14-15H2,1-3H3,(H,23,25)/t17-,20?/m0/s1. The summed E-state index contributed by atoms with van der Waals surface area (Å²) in [5.74, 6) is -0.925. The van der Waals surface area contributed by atoms with Crippen molar-refractivity contribution in [2.45, 2.75) is 44.2 Å². The van der Waals surface area contributed by atoms with E-state index in [0.29, 0.717) is 5.92 Å². The maximum Gasteiger partial charge on any atom is 0.324 e. The van der Waals surface area contributed by atoms with Crippen molar-refractivity contribution in [2.24, 2.45) is 5.92 Å². The first-order chi connectivity index (χ1) is 14.2. The molecule has 8 heteroatoms. The molecule has 0 saturated heterocycles. The van der Waals surface area contributed by atoms with Crippen LogP contribution in [-0.4, -0.2) is 32.9 Å². The largest absolute Gasteiger partial charge is 0.454 e. The summed E-state index contributed by atoms with van der Waals surface area (Å²) in [5, 5.41) is 2.88. The van der Waals surface area contributed by atoms with Crippen molar-refractivity contribution in [3.8, 4) is 0 Å². The van der Waals surface area contributed by atoms with Crippen LogP contribution in [0.1, 0.15) is 38.8 Å². The molecule has 0 spiro atoms. The van der Waals surface area contributed by atoms with Crippen LogP contribution in [0.3, 0.4) is 0 Å². The number of amides is 1. The summed E-state index contributed by atoms with van der Waals surface area (Å²) >= 11 is 0. The summed E-state index contributed by atoms with van der Waals surface area (Å²) in [5.41, 5.74) is 0.967. The first kappa shape index (κ1) is 23.6. The van der Waals surface area contributed by atoms with Crippen LogP contribution in [0.5, 0.6) is 0 Å². The Bertz CT molecular complexity index is 931. The molecule has 0 fully saturated rings. The Balaban J connectivity index is 1.90. The number of ether oxygens (including phenoxy) is 1. The number of hydrogen-bond donors (Lipinski definition) is 2. The third-order valence-electron chi connectivity index (χ3n) is 4.33. The summed E-state index contributed by atoms with van der Waals surface area (Å²) in [7, 11) is -3.86. The van der Waals surface area contributed by atoms with Crippen LogP contribution in [0.4, 0.5) is 0 Å². The van der Waals surface area contributed by atoms with E-state index in [1.165, 1.54) is 19.1 Å². The second-order valence-electron chi connectivity index (χ2n) is 7.42. The van der Waals surface area contributed by atoms with Crippen LogP contribution in [0.25, 0.3) is 0 Å². The smallest absolute Gasteiger partial charge is 0.324 e. The van der Waals surface area contributed by atoms with Gasteiger partial charge in [-0.3, -0.25) is 9.59 Å². The van der Waals surface area contributed by atoms with Crippen LogP contribution in [-0.2, 0) is 24.3 Å². The first-order valence-corrected chi connectivity index (χ1v) is 11.3. The average Bonchev–Trinajstić information content (AvgIpc) is 2.72. The van der Waals surface area contributed by atoms with Crippen molar-refractivity contribution in [3.63, 3.8) is 0 Å². The molecule has 2 aromatic rings. The van der Waals surface area contributed by atoms with Crippen molar-refractivity contribution < 1.29 is 22.7 Å². The Morgan fingerprint density at radius 3 is 2.07 bits per heavy atom. The lowest BCUT2D eigenvalue weighted by Gasteiger charge is -2.21. The molecule has 0 heterocycles. The van der Waals surface area contributed by atoms with Crippen LogP contribution >= 0.6 is 0 Å². The second kappa shape index (κ2) is 10.9. The topological polar surface area (TPSA) is 102 Å². The molecule has 7 nitrogen and oxygen atoms in total. The molecule has 30 heavy (non-hydrogen) atoms. The zero-order chi connectivity index (χ0) is 22.1. The average molecular weight is 433 g/mol. The molecule has 2 aromatic carbocycles. The summed E-state index contributed by atoms with van der Waals surface area (Å²) < 4.78 is 31.8. The molecule has 2 atom stereocenters. The van der Waals surface area contributed by atoms with Gasteiger partial charge >= 0.3 is 5.97 Å². The van der Waals surface area contributed by atoms with E-state index in [1.54, 1.807) is 18.2 Å². The van der Waals surface area contributed by atoms with Crippen molar-refractivity contribution in [1.82, 2.24) is 10.0 Å². The highest BCUT2D eigenvalue weighted by molar-refractivity contribution is 7.89. The fourth-order valence-electron chi connectivity index (χ4n) is 2.88. The minimum Gasteiger partial charge on any atom is -0.454 e. The summed E-state index contributed by atoms with van der Waals surface area (Å²) in [6.45, 7) is 5.00. The third-order valence-corrected chi connectivity index (χ3v) is 5.89. The van der Waals surface area contributed by atoms with Gasteiger partial charge in [-0.15, -0.1) is 0 Å². The molecule has 0 aliphatic carbocycles. The third kappa shape index (κ3) is 7.27. The number of rotatable bonds is 10. The molecule has 2 N–H and O–H groups in total. The Labute approximate surface area is 177 Å². The van der Waals surface area contributed by atoms with Gasteiger partial charge in [-0.05, 0) is 37.0 Å². The number of carbonyl (C=O) groups is 2. The minimum absolute atomic E-state index is 0.0433. The maximum atomic E-state index is 12.3. The Kier molecular flexibility index (Phi) is 8.56. The van der Waals surface area contributed by atoms with Crippen molar-refractivity contribution in [2.75, 3.05) is 6.61 Å². The predicted octanol–water partition coefficient (Wildman–Crippen LogP) is 2.80. The van der Waals surface area contributed by atoms with E-state index in [9.17, 15) is 18.0 Å². The zero-order valence-corrected chi connectivity index (χ0v) is 18.2. The van der Waals surface area contributed by atoms with E-state index in [4.69, 9.17) is 4.74 Å². The van der Waals surface area contributed by atoms with E-state index in [2.05, 4.69) is 23.9 Å². The Morgan fingerprint density at radius 1 is 0.933 bits per heavy atom. The predicted molar refractivity (Wildman–Crippen MR) is 114 cm³/mol. The van der Waals surface area contributed by atoms with Gasteiger partial charge < -0.3 is 10.1 Å². The van der Waals surface area contributed by atoms with E-state index in [-0.39, 0.29) is 10.9 Å². The molecule has 0 aromatic heterocycles. The molecule has 1 amide bonds. The van der Waals surface area contributed by atoms with Gasteiger partial charge in [0.1, 0.15) is 6.04 Å². The quantitative estimate of drug-likeness (QED) is 0.562. The first-order valence-electron chi connectivity index (χ1n) is 9.77. The number of carbonyl (C=O) groups excluding carboxylic acids is 2. The molecule has 0 radical (unpaired) electrons. The van der Waals surface area contributed by atoms with Gasteiger partial charge in [0.25, 0.3) is 5.91 Å². The molecule has 0 aliphatic rings. The van der Waals surface area contributed by atoms with Gasteiger partial charge in [-0.25, -0.2) is 8.42 Å². The van der Waals surface area contributed by atoms with Crippen LogP contribution < -0.4 is 10.0 Å². The van der Waals surface area contributed by atoms with E-state index in [1.807, 2.05) is 30.3 Å². The molecule has 0 bridgehead atoms. The number of benzene rings is 2. The maximum absolute atomic E-state index is 12.3. The lowest BCUT2D eigenvalue weighted by molar-refractivity contribution is -0.150. The van der Waals surface area contributed by atoms with Gasteiger partial charge in [-0.1, -0.05) is 62.4 Å². The van der Waals surface area contributed by atoms with E-state index >= 15 is 0 Å². The summed E-state index contributed by atoms with van der Waals surface area (Å²) in [6, 6.07) is 15.9. The van der Waals surface area contributed by atoms with E-state index < -0.39 is 34.5 Å². The van der Waals surface area contributed by atoms with Gasteiger partial charge in [-0.2, -0.15) is 4.72 Å². The number of sulfonamides is 1.